The average molecular weight is 621 g/mol. The summed E-state index contributed by atoms with van der Waals surface area (Å²) in [6.45, 7) is 1.88. The third-order valence-corrected chi connectivity index (χ3v) is 9.26. The number of amides is 2. The fourth-order valence-electron chi connectivity index (χ4n) is 4.24. The highest BCUT2D eigenvalue weighted by Gasteiger charge is 2.58. The van der Waals surface area contributed by atoms with Crippen molar-refractivity contribution in [3.05, 3.63) is 28.2 Å². The number of β-lactam (4-membered cyclic amide) rings is 1. The lowest BCUT2D eigenvalue weighted by Gasteiger charge is -2.52. The number of nitrogens with one attached hydrogen (secondary N) is 2. The standard InChI is InChI=1S/C21H23F3N8O5S3/c1-3-4-5-9(39-19-28-17(30-31-19)21(22,23)24)14-15(16(35)36)32-12(34)6-13(32)40-20(14,10-8-38-18(25)27-10)29-11(33)7-26-37-2/h7-9,13H,3-6H2,1-2H3,(H2,25,27)(H,29,33)(H,35,36)(H,28,30,31)/t9?,13-,20?/m0/s1. The molecule has 2 aliphatic heterocycles. The SMILES string of the molecule is CCCCC(Sc1nnc(C(F)(F)F)[nH]1)C1=C(C(=O)O)N2C(=O)C[C@@H]2SC1(NC(=O)C=NOC)c1csc(N)n1. The maximum absolute atomic E-state index is 13.2. The number of thioether (sulfide) groups is 2. The van der Waals surface area contributed by atoms with E-state index in [1.807, 2.05) is 6.92 Å². The number of carboxylic acids is 1. The lowest BCUT2D eigenvalue weighted by molar-refractivity contribution is -0.146. The van der Waals surface area contributed by atoms with Crippen LogP contribution in [-0.4, -0.2) is 71.9 Å². The van der Waals surface area contributed by atoms with Crippen LogP contribution in [0.15, 0.2) is 27.0 Å². The number of nitrogens with two attached hydrogens (primary N) is 1. The van der Waals surface area contributed by atoms with Crippen LogP contribution in [0.2, 0.25) is 0 Å². The normalized spacial score (nSPS) is 21.8. The summed E-state index contributed by atoms with van der Waals surface area (Å²) in [6.07, 6.45) is -2.54. The topological polar surface area (TPSA) is 189 Å². The number of aromatic nitrogens is 4. The van der Waals surface area contributed by atoms with E-state index in [4.69, 9.17) is 5.73 Å². The van der Waals surface area contributed by atoms with Gasteiger partial charge in [-0.2, -0.15) is 13.2 Å². The van der Waals surface area contributed by atoms with Gasteiger partial charge in [-0.3, -0.25) is 14.5 Å². The number of nitrogens with zero attached hydrogens (tertiary/aromatic N) is 5. The highest BCUT2D eigenvalue weighted by Crippen LogP contribution is 2.57. The molecule has 2 aromatic rings. The zero-order valence-electron chi connectivity index (χ0n) is 20.9. The van der Waals surface area contributed by atoms with Crippen molar-refractivity contribution in [2.45, 2.75) is 59.4 Å². The molecule has 1 saturated heterocycles. The number of unbranched alkanes of at least 4 members (excludes halogenated alkanes) is 1. The van der Waals surface area contributed by atoms with E-state index in [2.05, 4.69) is 35.5 Å². The Morgan fingerprint density at radius 2 is 2.23 bits per heavy atom. The smallest absolute Gasteiger partial charge is 0.451 e. The van der Waals surface area contributed by atoms with Crippen LogP contribution >= 0.6 is 34.9 Å². The highest BCUT2D eigenvalue weighted by atomic mass is 32.2. The van der Waals surface area contributed by atoms with Gasteiger partial charge in [-0.25, -0.2) is 9.78 Å². The fraction of sp³-hybridized carbons (Fsp3) is 0.476. The molecule has 0 aromatic carbocycles. The molecule has 0 radical (unpaired) electrons. The predicted molar refractivity (Wildman–Crippen MR) is 140 cm³/mol. The maximum Gasteiger partial charge on any atom is 0.451 e. The second kappa shape index (κ2) is 11.7. The first-order valence-corrected chi connectivity index (χ1v) is 14.3. The van der Waals surface area contributed by atoms with Crippen LogP contribution in [0.4, 0.5) is 18.3 Å². The molecule has 1 fully saturated rings. The van der Waals surface area contributed by atoms with Crippen molar-refractivity contribution in [3.63, 3.8) is 0 Å². The van der Waals surface area contributed by atoms with Gasteiger partial charge in [0.1, 0.15) is 19.0 Å². The van der Waals surface area contributed by atoms with Crippen molar-refractivity contribution in [2.75, 3.05) is 12.8 Å². The summed E-state index contributed by atoms with van der Waals surface area (Å²) in [4.78, 5) is 49.0. The molecule has 4 heterocycles. The number of carbonyl (C=O) groups is 3. The Morgan fingerprint density at radius 3 is 2.77 bits per heavy atom. The minimum atomic E-state index is -4.79. The number of nitrogen functional groups attached to an aromatic ring is 1. The van der Waals surface area contributed by atoms with Crippen LogP contribution < -0.4 is 11.1 Å². The van der Waals surface area contributed by atoms with Gasteiger partial charge in [0.2, 0.25) is 11.7 Å². The van der Waals surface area contributed by atoms with Crippen LogP contribution in [0, 0.1) is 0 Å². The molecule has 216 valence electrons. The molecule has 3 atom stereocenters. The Kier molecular flexibility index (Phi) is 8.64. The van der Waals surface area contributed by atoms with Crippen LogP contribution in [0.1, 0.15) is 44.1 Å². The van der Waals surface area contributed by atoms with Crippen molar-refractivity contribution in [2.24, 2.45) is 5.16 Å². The number of carbonyl (C=O) groups excluding carboxylic acids is 2. The Balaban J connectivity index is 1.95. The molecule has 2 aliphatic rings. The lowest BCUT2D eigenvalue weighted by Crippen LogP contribution is -2.62. The van der Waals surface area contributed by atoms with Gasteiger partial charge in [-0.15, -0.1) is 21.5 Å². The van der Waals surface area contributed by atoms with Crippen molar-refractivity contribution in [1.29, 1.82) is 0 Å². The van der Waals surface area contributed by atoms with Crippen molar-refractivity contribution in [1.82, 2.24) is 30.4 Å². The molecule has 19 heteroatoms. The maximum atomic E-state index is 13.2. The fourth-order valence-corrected chi connectivity index (χ4v) is 7.92. The number of thiazole rings is 1. The molecular formula is C21H23F3N8O5S3. The summed E-state index contributed by atoms with van der Waals surface area (Å²) < 4.78 is 39.7. The molecule has 5 N–H and O–H groups in total. The van der Waals surface area contributed by atoms with E-state index in [1.165, 1.54) is 7.11 Å². The first kappa shape index (κ1) is 29.7. The van der Waals surface area contributed by atoms with Gasteiger partial charge in [0.15, 0.2) is 15.2 Å². The van der Waals surface area contributed by atoms with Crippen LogP contribution in [0.25, 0.3) is 0 Å². The second-order valence-electron chi connectivity index (χ2n) is 8.49. The van der Waals surface area contributed by atoms with E-state index in [0.29, 0.717) is 12.8 Å². The molecule has 13 nitrogen and oxygen atoms in total. The number of hydrogen-bond acceptors (Lipinski definition) is 12. The molecule has 2 unspecified atom stereocenters. The third-order valence-electron chi connectivity index (χ3n) is 5.88. The van der Waals surface area contributed by atoms with E-state index >= 15 is 0 Å². The summed E-state index contributed by atoms with van der Waals surface area (Å²) in [6, 6.07) is 0. The number of anilines is 1. The van der Waals surface area contributed by atoms with Gasteiger partial charge in [-0.05, 0) is 6.42 Å². The number of H-pyrrole nitrogens is 1. The molecular weight excluding hydrogens is 597 g/mol. The zero-order valence-corrected chi connectivity index (χ0v) is 23.3. The van der Waals surface area contributed by atoms with Gasteiger partial charge >= 0.3 is 12.1 Å². The number of hydrogen-bond donors (Lipinski definition) is 4. The van der Waals surface area contributed by atoms with Crippen molar-refractivity contribution < 1.29 is 37.5 Å². The van der Waals surface area contributed by atoms with E-state index < -0.39 is 51.0 Å². The molecule has 40 heavy (non-hydrogen) atoms. The van der Waals surface area contributed by atoms with Gasteiger partial charge in [0, 0.05) is 16.2 Å². The van der Waals surface area contributed by atoms with Crippen molar-refractivity contribution in [3.8, 4) is 0 Å². The molecule has 0 saturated carbocycles. The number of fused-ring (bicyclic) bond motifs is 1. The van der Waals surface area contributed by atoms with Crippen LogP contribution in [-0.2, 0) is 30.3 Å². The van der Waals surface area contributed by atoms with Gasteiger partial charge in [0.05, 0.1) is 17.5 Å². The monoisotopic (exact) mass is 620 g/mol. The number of rotatable bonds is 11. The van der Waals surface area contributed by atoms with Crippen LogP contribution in [0.3, 0.4) is 0 Å². The Hall–Kier alpha value is -3.32. The quantitative estimate of drug-likeness (QED) is 0.125. The zero-order chi connectivity index (χ0) is 29.2. The summed E-state index contributed by atoms with van der Waals surface area (Å²) >= 11 is 2.92. The number of oxime groups is 1. The first-order valence-electron chi connectivity index (χ1n) is 11.7. The largest absolute Gasteiger partial charge is 0.477 e. The number of carboxylic acid groups (broad SMARTS) is 1. The molecule has 0 bridgehead atoms. The number of halogens is 3. The number of aromatic amines is 1. The van der Waals surface area contributed by atoms with Gasteiger partial charge < -0.3 is 26.0 Å². The second-order valence-corrected chi connectivity index (χ2v) is 12.0. The van der Waals surface area contributed by atoms with E-state index in [9.17, 15) is 32.7 Å². The molecule has 0 aliphatic carbocycles. The Labute approximate surface area is 237 Å². The van der Waals surface area contributed by atoms with Crippen molar-refractivity contribution >= 4 is 64.0 Å². The number of aliphatic carboxylic acids is 1. The summed E-state index contributed by atoms with van der Waals surface area (Å²) in [5.74, 6) is -4.02. The number of alkyl halides is 3. The molecule has 2 aromatic heterocycles. The third kappa shape index (κ3) is 5.75. The predicted octanol–water partition coefficient (Wildman–Crippen LogP) is 2.76. The van der Waals surface area contributed by atoms with Crippen LogP contribution in [0.5, 0.6) is 0 Å². The van der Waals surface area contributed by atoms with Gasteiger partial charge in [-0.1, -0.05) is 48.4 Å². The Bertz CT molecular complexity index is 1360. The lowest BCUT2D eigenvalue weighted by atomic mass is 9.92. The highest BCUT2D eigenvalue weighted by molar-refractivity contribution is 8.01. The molecule has 2 amide bonds. The van der Waals surface area contributed by atoms with Gasteiger partial charge in [0.25, 0.3) is 5.91 Å². The van der Waals surface area contributed by atoms with E-state index in [-0.39, 0.29) is 34.4 Å². The molecule has 4 rings (SSSR count). The average Bonchev–Trinajstić information content (AvgIpc) is 3.54. The summed E-state index contributed by atoms with van der Waals surface area (Å²) in [5.41, 5.74) is 5.73. The molecule has 0 spiro atoms. The summed E-state index contributed by atoms with van der Waals surface area (Å²) in [5, 5.41) is 23.3. The minimum absolute atomic E-state index is 0.0120. The summed E-state index contributed by atoms with van der Waals surface area (Å²) in [7, 11) is 1.23. The van der Waals surface area contributed by atoms with E-state index in [1.54, 1.807) is 5.38 Å². The first-order chi connectivity index (χ1) is 18.9. The Morgan fingerprint density at radius 1 is 1.48 bits per heavy atom. The van der Waals surface area contributed by atoms with E-state index in [0.717, 1.165) is 46.0 Å². The minimum Gasteiger partial charge on any atom is -0.477 e.